The topological polar surface area (TPSA) is 12.0 Å². The molecule has 1 aliphatic rings. The van der Waals surface area contributed by atoms with Crippen LogP contribution in [0.5, 0.6) is 0 Å². The zero-order valence-electron chi connectivity index (χ0n) is 12.4. The van der Waals surface area contributed by atoms with Gasteiger partial charge < -0.3 is 5.32 Å². The first-order valence-electron chi connectivity index (χ1n) is 7.89. The fourth-order valence-electron chi connectivity index (χ4n) is 2.82. The Morgan fingerprint density at radius 2 is 1.90 bits per heavy atom. The molecule has 0 spiro atoms. The van der Waals surface area contributed by atoms with Gasteiger partial charge in [-0.15, -0.1) is 0 Å². The molecule has 0 bridgehead atoms. The van der Waals surface area contributed by atoms with Crippen molar-refractivity contribution in [2.75, 3.05) is 6.54 Å². The first-order valence-corrected chi connectivity index (χ1v) is 9.31. The van der Waals surface area contributed by atoms with Crippen molar-refractivity contribution in [2.45, 2.75) is 62.5 Å². The van der Waals surface area contributed by atoms with E-state index in [9.17, 15) is 0 Å². The Kier molecular flexibility index (Phi) is 7.26. The SMILES string of the molecule is CCCNC1CCCCCC1SCc1ccc(Cl)cc1. The fraction of sp³-hybridized carbons (Fsp3) is 0.647. The fourth-order valence-corrected chi connectivity index (χ4v) is 4.34. The second-order valence-corrected chi connectivity index (χ2v) is 7.34. The van der Waals surface area contributed by atoms with Gasteiger partial charge in [-0.2, -0.15) is 11.8 Å². The van der Waals surface area contributed by atoms with Crippen molar-refractivity contribution in [3.05, 3.63) is 34.9 Å². The van der Waals surface area contributed by atoms with Crippen LogP contribution in [0.3, 0.4) is 0 Å². The Balaban J connectivity index is 1.87. The number of hydrogen-bond donors (Lipinski definition) is 1. The Bertz CT molecular complexity index is 379. The monoisotopic (exact) mass is 311 g/mol. The van der Waals surface area contributed by atoms with E-state index in [1.165, 1.54) is 44.1 Å². The highest BCUT2D eigenvalue weighted by atomic mass is 35.5. The Hall–Kier alpha value is -0.180. The van der Waals surface area contributed by atoms with Gasteiger partial charge in [0.05, 0.1) is 0 Å². The first-order chi connectivity index (χ1) is 9.79. The molecule has 112 valence electrons. The molecule has 1 fully saturated rings. The molecular weight excluding hydrogens is 286 g/mol. The number of halogens is 1. The summed E-state index contributed by atoms with van der Waals surface area (Å²) < 4.78 is 0. The van der Waals surface area contributed by atoms with Crippen molar-refractivity contribution in [3.8, 4) is 0 Å². The van der Waals surface area contributed by atoms with Crippen LogP contribution < -0.4 is 5.32 Å². The van der Waals surface area contributed by atoms with Gasteiger partial charge in [0.1, 0.15) is 0 Å². The molecule has 0 amide bonds. The van der Waals surface area contributed by atoms with Crippen molar-refractivity contribution in [1.29, 1.82) is 0 Å². The molecule has 1 N–H and O–H groups in total. The molecule has 20 heavy (non-hydrogen) atoms. The van der Waals surface area contributed by atoms with Crippen LogP contribution in [0.1, 0.15) is 51.0 Å². The van der Waals surface area contributed by atoms with Crippen LogP contribution in [0.15, 0.2) is 24.3 Å². The standard InChI is InChI=1S/C17H26ClNS/c1-2-12-19-16-6-4-3-5-7-17(16)20-13-14-8-10-15(18)11-9-14/h8-11,16-17,19H,2-7,12-13H2,1H3. The predicted molar refractivity (Wildman–Crippen MR) is 91.7 cm³/mol. The van der Waals surface area contributed by atoms with Crippen molar-refractivity contribution in [2.24, 2.45) is 0 Å². The van der Waals surface area contributed by atoms with Crippen molar-refractivity contribution >= 4 is 23.4 Å². The summed E-state index contributed by atoms with van der Waals surface area (Å²) in [6.07, 6.45) is 8.12. The van der Waals surface area contributed by atoms with E-state index in [-0.39, 0.29) is 0 Å². The number of nitrogens with one attached hydrogen (secondary N) is 1. The van der Waals surface area contributed by atoms with Crippen molar-refractivity contribution in [3.63, 3.8) is 0 Å². The van der Waals surface area contributed by atoms with E-state index < -0.39 is 0 Å². The molecule has 3 heteroatoms. The molecule has 2 rings (SSSR count). The first kappa shape index (κ1) is 16.2. The summed E-state index contributed by atoms with van der Waals surface area (Å²) in [7, 11) is 0. The summed E-state index contributed by atoms with van der Waals surface area (Å²) in [5.41, 5.74) is 1.39. The smallest absolute Gasteiger partial charge is 0.0406 e. The molecule has 0 saturated heterocycles. The van der Waals surface area contributed by atoms with Gasteiger partial charge >= 0.3 is 0 Å². The molecule has 0 radical (unpaired) electrons. The minimum absolute atomic E-state index is 0.703. The summed E-state index contributed by atoms with van der Waals surface area (Å²) in [5.74, 6) is 1.10. The second-order valence-electron chi connectivity index (χ2n) is 5.67. The van der Waals surface area contributed by atoms with E-state index in [1.807, 2.05) is 12.1 Å². The zero-order valence-corrected chi connectivity index (χ0v) is 14.0. The van der Waals surface area contributed by atoms with Crippen LogP contribution in [0.25, 0.3) is 0 Å². The van der Waals surface area contributed by atoms with Gasteiger partial charge in [0.25, 0.3) is 0 Å². The third kappa shape index (κ3) is 5.31. The van der Waals surface area contributed by atoms with E-state index in [0.29, 0.717) is 6.04 Å². The lowest BCUT2D eigenvalue weighted by atomic mass is 10.1. The summed E-state index contributed by atoms with van der Waals surface area (Å²) >= 11 is 8.07. The second kappa shape index (κ2) is 8.96. The molecule has 0 aromatic heterocycles. The van der Waals surface area contributed by atoms with Crippen LogP contribution in [0.2, 0.25) is 5.02 Å². The summed E-state index contributed by atoms with van der Waals surface area (Å²) in [5, 5.41) is 5.36. The predicted octanol–water partition coefficient (Wildman–Crippen LogP) is 5.27. The molecule has 1 aliphatic carbocycles. The Morgan fingerprint density at radius 1 is 1.15 bits per heavy atom. The molecule has 0 aliphatic heterocycles. The largest absolute Gasteiger partial charge is 0.313 e. The van der Waals surface area contributed by atoms with Gasteiger partial charge in [0.15, 0.2) is 0 Å². The third-order valence-corrected chi connectivity index (χ3v) is 5.73. The maximum atomic E-state index is 5.95. The summed E-state index contributed by atoms with van der Waals surface area (Å²) in [4.78, 5) is 0. The normalized spacial score (nSPS) is 23.5. The molecular formula is C17H26ClNS. The Labute approximate surface area is 132 Å². The molecule has 1 nitrogen and oxygen atoms in total. The highest BCUT2D eigenvalue weighted by molar-refractivity contribution is 7.99. The van der Waals surface area contributed by atoms with Crippen LogP contribution in [0.4, 0.5) is 0 Å². The zero-order chi connectivity index (χ0) is 14.2. The van der Waals surface area contributed by atoms with E-state index in [2.05, 4.69) is 36.1 Å². The minimum atomic E-state index is 0.703. The van der Waals surface area contributed by atoms with E-state index in [1.54, 1.807) is 0 Å². The quantitative estimate of drug-likeness (QED) is 0.718. The summed E-state index contributed by atoms with van der Waals surface area (Å²) in [6.45, 7) is 3.40. The van der Waals surface area contributed by atoms with Gasteiger partial charge in [0.2, 0.25) is 0 Å². The molecule has 1 aromatic rings. The number of hydrogen-bond acceptors (Lipinski definition) is 2. The van der Waals surface area contributed by atoms with Gasteiger partial charge in [-0.05, 0) is 43.5 Å². The minimum Gasteiger partial charge on any atom is -0.313 e. The van der Waals surface area contributed by atoms with Gasteiger partial charge in [-0.3, -0.25) is 0 Å². The highest BCUT2D eigenvalue weighted by Gasteiger charge is 2.23. The van der Waals surface area contributed by atoms with E-state index in [0.717, 1.165) is 22.6 Å². The Morgan fingerprint density at radius 3 is 2.65 bits per heavy atom. The average molecular weight is 312 g/mol. The maximum Gasteiger partial charge on any atom is 0.0406 e. The van der Waals surface area contributed by atoms with Crippen molar-refractivity contribution < 1.29 is 0 Å². The average Bonchev–Trinajstić information content (AvgIpc) is 2.69. The number of rotatable bonds is 6. The molecule has 2 unspecified atom stereocenters. The molecule has 0 heterocycles. The molecule has 2 atom stereocenters. The van der Waals surface area contributed by atoms with Crippen LogP contribution in [-0.4, -0.2) is 17.8 Å². The number of benzene rings is 1. The van der Waals surface area contributed by atoms with Crippen LogP contribution >= 0.6 is 23.4 Å². The number of thioether (sulfide) groups is 1. The van der Waals surface area contributed by atoms with E-state index >= 15 is 0 Å². The van der Waals surface area contributed by atoms with Gasteiger partial charge in [-0.1, -0.05) is 49.9 Å². The van der Waals surface area contributed by atoms with Crippen LogP contribution in [-0.2, 0) is 5.75 Å². The maximum absolute atomic E-state index is 5.95. The van der Waals surface area contributed by atoms with Crippen molar-refractivity contribution in [1.82, 2.24) is 5.32 Å². The lowest BCUT2D eigenvalue weighted by Gasteiger charge is -2.26. The van der Waals surface area contributed by atoms with Gasteiger partial charge in [0, 0.05) is 22.1 Å². The lowest BCUT2D eigenvalue weighted by Crippen LogP contribution is -2.38. The highest BCUT2D eigenvalue weighted by Crippen LogP contribution is 2.30. The summed E-state index contributed by atoms with van der Waals surface area (Å²) in [6, 6.07) is 9.00. The molecule has 1 saturated carbocycles. The van der Waals surface area contributed by atoms with Gasteiger partial charge in [-0.25, -0.2) is 0 Å². The molecule has 1 aromatic carbocycles. The van der Waals surface area contributed by atoms with E-state index in [4.69, 9.17) is 11.6 Å². The third-order valence-electron chi connectivity index (χ3n) is 3.99. The van der Waals surface area contributed by atoms with Crippen LogP contribution in [0, 0.1) is 0 Å². The lowest BCUT2D eigenvalue weighted by molar-refractivity contribution is 0.470.